The number of rotatable bonds is 7. The van der Waals surface area contributed by atoms with Gasteiger partial charge in [-0.1, -0.05) is 17.7 Å². The van der Waals surface area contributed by atoms with Gasteiger partial charge in [-0.15, -0.1) is 0 Å². The summed E-state index contributed by atoms with van der Waals surface area (Å²) in [5, 5.41) is 11.5. The number of aliphatic hydroxyl groups excluding tert-OH is 1. The standard InChI is InChI=1S/C25H30FNO4/c1-4-30-19-7-6-17(23(26)12-19)13-27-14-22(21-9-16(2)5-8-24(21)27)25-11-18(28)10-20(31-25)15-29-3/h5-9,12,14,18,20,25,28H,4,10-11,13,15H2,1-3H3/t18-,20-,25+/m0/s1. The van der Waals surface area contributed by atoms with Crippen molar-refractivity contribution >= 4 is 10.9 Å². The minimum Gasteiger partial charge on any atom is -0.494 e. The molecule has 0 unspecified atom stereocenters. The Labute approximate surface area is 182 Å². The zero-order valence-electron chi connectivity index (χ0n) is 18.3. The summed E-state index contributed by atoms with van der Waals surface area (Å²) in [6.45, 7) is 5.28. The summed E-state index contributed by atoms with van der Waals surface area (Å²) < 4.78 is 33.7. The molecular formula is C25H30FNO4. The second-order valence-corrected chi connectivity index (χ2v) is 8.25. The fourth-order valence-electron chi connectivity index (χ4n) is 4.41. The molecule has 0 bridgehead atoms. The predicted octanol–water partition coefficient (Wildman–Crippen LogP) is 4.76. The second kappa shape index (κ2) is 9.39. The molecule has 0 saturated carbocycles. The molecule has 3 aromatic rings. The van der Waals surface area contributed by atoms with Crippen LogP contribution < -0.4 is 4.74 Å². The van der Waals surface area contributed by atoms with Crippen LogP contribution in [0.5, 0.6) is 5.75 Å². The molecule has 2 heterocycles. The van der Waals surface area contributed by atoms with Gasteiger partial charge in [0, 0.05) is 54.2 Å². The van der Waals surface area contributed by atoms with Crippen molar-refractivity contribution in [3.8, 4) is 5.75 Å². The lowest BCUT2D eigenvalue weighted by Crippen LogP contribution is -2.34. The van der Waals surface area contributed by atoms with E-state index in [2.05, 4.69) is 29.7 Å². The maximum Gasteiger partial charge on any atom is 0.131 e. The van der Waals surface area contributed by atoms with Crippen molar-refractivity contribution < 1.29 is 23.7 Å². The van der Waals surface area contributed by atoms with Crippen molar-refractivity contribution in [3.05, 3.63) is 65.1 Å². The average Bonchev–Trinajstić information content (AvgIpc) is 3.07. The van der Waals surface area contributed by atoms with E-state index in [0.29, 0.717) is 43.9 Å². The first-order chi connectivity index (χ1) is 15.0. The molecule has 3 atom stereocenters. The number of hydrogen-bond acceptors (Lipinski definition) is 4. The normalized spacial score (nSPS) is 21.5. The molecule has 1 fully saturated rings. The van der Waals surface area contributed by atoms with E-state index < -0.39 is 6.10 Å². The van der Waals surface area contributed by atoms with Gasteiger partial charge in [-0.2, -0.15) is 0 Å². The first-order valence-electron chi connectivity index (χ1n) is 10.8. The Kier molecular flexibility index (Phi) is 6.60. The van der Waals surface area contributed by atoms with Crippen molar-refractivity contribution in [2.24, 2.45) is 0 Å². The summed E-state index contributed by atoms with van der Waals surface area (Å²) in [5.74, 6) is 0.247. The van der Waals surface area contributed by atoms with Gasteiger partial charge in [-0.25, -0.2) is 4.39 Å². The Morgan fingerprint density at radius 1 is 1.19 bits per heavy atom. The number of nitrogens with zero attached hydrogens (tertiary/aromatic N) is 1. The number of aryl methyl sites for hydroxylation is 1. The Morgan fingerprint density at radius 2 is 2.03 bits per heavy atom. The molecular weight excluding hydrogens is 397 g/mol. The molecule has 1 N–H and O–H groups in total. The first kappa shape index (κ1) is 21.8. The number of ether oxygens (including phenoxy) is 3. The molecule has 0 radical (unpaired) electrons. The van der Waals surface area contributed by atoms with Gasteiger partial charge in [0.2, 0.25) is 0 Å². The Bertz CT molecular complexity index is 1050. The minimum atomic E-state index is -0.439. The van der Waals surface area contributed by atoms with Crippen LogP contribution in [0.15, 0.2) is 42.6 Å². The van der Waals surface area contributed by atoms with Gasteiger partial charge < -0.3 is 23.9 Å². The molecule has 1 aromatic heterocycles. The highest BCUT2D eigenvalue weighted by Gasteiger charge is 2.31. The third-order valence-electron chi connectivity index (χ3n) is 5.82. The van der Waals surface area contributed by atoms with Crippen LogP contribution in [0.25, 0.3) is 10.9 Å². The van der Waals surface area contributed by atoms with Crippen molar-refractivity contribution in [1.29, 1.82) is 0 Å². The lowest BCUT2D eigenvalue weighted by atomic mass is 9.95. The molecule has 0 aliphatic carbocycles. The van der Waals surface area contributed by atoms with E-state index in [1.54, 1.807) is 19.2 Å². The SMILES string of the molecule is CCOc1ccc(Cn2cc([C@H]3C[C@@H](O)C[C@@H](COC)O3)c3cc(C)ccc32)c(F)c1. The van der Waals surface area contributed by atoms with E-state index in [9.17, 15) is 9.50 Å². The summed E-state index contributed by atoms with van der Waals surface area (Å²) in [4.78, 5) is 0. The molecule has 0 amide bonds. The molecule has 31 heavy (non-hydrogen) atoms. The molecule has 1 saturated heterocycles. The molecule has 6 heteroatoms. The molecule has 4 rings (SSSR count). The van der Waals surface area contributed by atoms with E-state index in [0.717, 1.165) is 22.0 Å². The molecule has 2 aromatic carbocycles. The number of benzene rings is 2. The summed E-state index contributed by atoms with van der Waals surface area (Å²) in [6.07, 6.45) is 2.31. The van der Waals surface area contributed by atoms with E-state index >= 15 is 0 Å². The van der Waals surface area contributed by atoms with Crippen molar-refractivity contribution in [3.63, 3.8) is 0 Å². The van der Waals surface area contributed by atoms with Crippen LogP contribution >= 0.6 is 0 Å². The Morgan fingerprint density at radius 3 is 2.77 bits per heavy atom. The van der Waals surface area contributed by atoms with Crippen molar-refractivity contribution in [2.75, 3.05) is 20.3 Å². The quantitative estimate of drug-likeness (QED) is 0.591. The van der Waals surface area contributed by atoms with Gasteiger partial charge in [0.15, 0.2) is 0 Å². The van der Waals surface area contributed by atoms with Gasteiger partial charge in [0.25, 0.3) is 0 Å². The fourth-order valence-corrected chi connectivity index (χ4v) is 4.41. The average molecular weight is 428 g/mol. The topological polar surface area (TPSA) is 52.9 Å². The lowest BCUT2D eigenvalue weighted by Gasteiger charge is -2.32. The van der Waals surface area contributed by atoms with E-state index in [1.807, 2.05) is 13.1 Å². The third kappa shape index (κ3) is 4.76. The number of halogens is 1. The summed E-state index contributed by atoms with van der Waals surface area (Å²) in [7, 11) is 1.64. The first-order valence-corrected chi connectivity index (χ1v) is 10.8. The van der Waals surface area contributed by atoms with Gasteiger partial charge >= 0.3 is 0 Å². The number of hydrogen-bond donors (Lipinski definition) is 1. The number of aliphatic hydroxyl groups is 1. The van der Waals surface area contributed by atoms with Crippen molar-refractivity contribution in [1.82, 2.24) is 4.57 Å². The van der Waals surface area contributed by atoms with Crippen LogP contribution in [0.2, 0.25) is 0 Å². The fraction of sp³-hybridized carbons (Fsp3) is 0.440. The number of fused-ring (bicyclic) bond motifs is 1. The molecule has 0 spiro atoms. The molecule has 5 nitrogen and oxygen atoms in total. The predicted molar refractivity (Wildman–Crippen MR) is 118 cm³/mol. The van der Waals surface area contributed by atoms with Crippen LogP contribution in [0.1, 0.15) is 42.6 Å². The second-order valence-electron chi connectivity index (χ2n) is 8.25. The maximum atomic E-state index is 14.7. The largest absolute Gasteiger partial charge is 0.494 e. The Hall–Kier alpha value is -2.41. The van der Waals surface area contributed by atoms with Crippen LogP contribution in [-0.2, 0) is 16.0 Å². The van der Waals surface area contributed by atoms with Crippen LogP contribution in [-0.4, -0.2) is 42.2 Å². The molecule has 1 aliphatic rings. The number of aromatic nitrogens is 1. The van der Waals surface area contributed by atoms with Gasteiger partial charge in [-0.3, -0.25) is 0 Å². The highest BCUT2D eigenvalue weighted by Crippen LogP contribution is 2.37. The maximum absolute atomic E-state index is 14.7. The van der Waals surface area contributed by atoms with E-state index in [1.165, 1.54) is 6.07 Å². The molecule has 166 valence electrons. The minimum absolute atomic E-state index is 0.148. The van der Waals surface area contributed by atoms with Crippen LogP contribution in [0.3, 0.4) is 0 Å². The zero-order valence-corrected chi connectivity index (χ0v) is 18.3. The smallest absolute Gasteiger partial charge is 0.131 e. The van der Waals surface area contributed by atoms with Crippen molar-refractivity contribution in [2.45, 2.75) is 51.5 Å². The summed E-state index contributed by atoms with van der Waals surface area (Å²) >= 11 is 0. The van der Waals surface area contributed by atoms with E-state index in [-0.39, 0.29) is 18.0 Å². The van der Waals surface area contributed by atoms with E-state index in [4.69, 9.17) is 14.2 Å². The Balaban J connectivity index is 1.69. The molecule has 1 aliphatic heterocycles. The highest BCUT2D eigenvalue weighted by molar-refractivity contribution is 5.85. The zero-order chi connectivity index (χ0) is 22.0. The monoisotopic (exact) mass is 427 g/mol. The van der Waals surface area contributed by atoms with Gasteiger partial charge in [0.05, 0.1) is 38.1 Å². The summed E-state index contributed by atoms with van der Waals surface area (Å²) in [5.41, 5.74) is 3.77. The van der Waals surface area contributed by atoms with Gasteiger partial charge in [-0.05, 0) is 32.0 Å². The number of methoxy groups -OCH3 is 1. The summed E-state index contributed by atoms with van der Waals surface area (Å²) in [6, 6.07) is 11.3. The van der Waals surface area contributed by atoms with Gasteiger partial charge in [0.1, 0.15) is 11.6 Å². The lowest BCUT2D eigenvalue weighted by molar-refractivity contribution is -0.118. The van der Waals surface area contributed by atoms with Crippen LogP contribution in [0.4, 0.5) is 4.39 Å². The third-order valence-corrected chi connectivity index (χ3v) is 5.82. The highest BCUT2D eigenvalue weighted by atomic mass is 19.1. The van der Waals surface area contributed by atoms with Crippen LogP contribution in [0, 0.1) is 12.7 Å².